The summed E-state index contributed by atoms with van der Waals surface area (Å²) in [5, 5.41) is 2.61. The Kier molecular flexibility index (Phi) is 6.76. The van der Waals surface area contributed by atoms with Crippen molar-refractivity contribution in [2.75, 3.05) is 6.54 Å². The van der Waals surface area contributed by atoms with E-state index in [1.54, 1.807) is 18.7 Å². The number of aromatic nitrogens is 2. The van der Waals surface area contributed by atoms with Gasteiger partial charge in [0.05, 0.1) is 23.3 Å². The first-order valence-corrected chi connectivity index (χ1v) is 10.6. The molecule has 11 heteroatoms. The fraction of sp³-hybridized carbons (Fsp3) is 0.200. The van der Waals surface area contributed by atoms with Gasteiger partial charge >= 0.3 is 6.18 Å². The number of sulfonamides is 1. The summed E-state index contributed by atoms with van der Waals surface area (Å²) in [6, 6.07) is 10.7. The van der Waals surface area contributed by atoms with Crippen LogP contribution in [0, 0.1) is 0 Å². The van der Waals surface area contributed by atoms with Gasteiger partial charge < -0.3 is 9.88 Å². The van der Waals surface area contributed by atoms with E-state index in [9.17, 15) is 26.4 Å². The summed E-state index contributed by atoms with van der Waals surface area (Å²) < 4.78 is 66.8. The molecule has 2 aromatic carbocycles. The molecule has 0 aliphatic carbocycles. The lowest BCUT2D eigenvalue weighted by Gasteiger charge is -2.12. The Morgan fingerprint density at radius 3 is 2.48 bits per heavy atom. The number of benzene rings is 2. The Balaban J connectivity index is 1.59. The molecule has 1 aromatic heterocycles. The van der Waals surface area contributed by atoms with Gasteiger partial charge in [-0.3, -0.25) is 4.79 Å². The molecular formula is C20H19F3N4O3S. The fourth-order valence-corrected chi connectivity index (χ4v) is 3.83. The zero-order chi connectivity index (χ0) is 22.5. The van der Waals surface area contributed by atoms with Gasteiger partial charge in [-0.15, -0.1) is 0 Å². The predicted molar refractivity (Wildman–Crippen MR) is 106 cm³/mol. The molecule has 31 heavy (non-hydrogen) atoms. The summed E-state index contributed by atoms with van der Waals surface area (Å²) in [6.07, 6.45) is 0.448. The van der Waals surface area contributed by atoms with E-state index >= 15 is 0 Å². The third-order valence-electron chi connectivity index (χ3n) is 4.40. The summed E-state index contributed by atoms with van der Waals surface area (Å²) >= 11 is 0. The van der Waals surface area contributed by atoms with Crippen molar-refractivity contribution >= 4 is 15.9 Å². The molecule has 0 unspecified atom stereocenters. The van der Waals surface area contributed by atoms with E-state index in [1.165, 1.54) is 0 Å². The second-order valence-electron chi connectivity index (χ2n) is 6.63. The van der Waals surface area contributed by atoms with Gasteiger partial charge in [0.15, 0.2) is 0 Å². The van der Waals surface area contributed by atoms with Gasteiger partial charge in [-0.2, -0.15) is 13.2 Å². The van der Waals surface area contributed by atoms with Crippen LogP contribution < -0.4 is 10.0 Å². The molecule has 0 saturated carbocycles. The summed E-state index contributed by atoms with van der Waals surface area (Å²) in [4.78, 5) is 15.5. The molecule has 0 fully saturated rings. The van der Waals surface area contributed by atoms with Gasteiger partial charge in [-0.05, 0) is 29.3 Å². The van der Waals surface area contributed by atoms with Gasteiger partial charge in [0.25, 0.3) is 0 Å². The zero-order valence-electron chi connectivity index (χ0n) is 16.1. The number of nitrogens with zero attached hydrogens (tertiary/aromatic N) is 2. The van der Waals surface area contributed by atoms with Crippen LogP contribution in [0.2, 0.25) is 0 Å². The maximum absolute atomic E-state index is 12.8. The highest BCUT2D eigenvalue weighted by Gasteiger charge is 2.31. The van der Waals surface area contributed by atoms with Crippen LogP contribution in [0.25, 0.3) is 0 Å². The first-order chi connectivity index (χ1) is 14.6. The molecule has 2 N–H and O–H groups in total. The Hall–Kier alpha value is -3.18. The number of halogens is 3. The van der Waals surface area contributed by atoms with E-state index in [2.05, 4.69) is 10.3 Å². The Morgan fingerprint density at radius 2 is 1.81 bits per heavy atom. The molecule has 0 spiro atoms. The van der Waals surface area contributed by atoms with E-state index in [4.69, 9.17) is 0 Å². The SMILES string of the molecule is O=C(CNS(=O)(=O)c1cccc(C(F)(F)F)c1)NCc1ccccc1Cn1ccnc1. The molecule has 0 aliphatic rings. The van der Waals surface area contributed by atoms with E-state index in [-0.39, 0.29) is 6.54 Å². The number of hydrogen-bond donors (Lipinski definition) is 2. The number of rotatable bonds is 8. The lowest BCUT2D eigenvalue weighted by atomic mass is 10.1. The molecule has 1 heterocycles. The number of nitrogens with one attached hydrogen (secondary N) is 2. The summed E-state index contributed by atoms with van der Waals surface area (Å²) in [6.45, 7) is 0.103. The molecule has 0 bridgehead atoms. The van der Waals surface area contributed by atoms with Gasteiger partial charge in [0.1, 0.15) is 0 Å². The predicted octanol–water partition coefficient (Wildman–Crippen LogP) is 2.54. The number of amides is 1. The van der Waals surface area contributed by atoms with E-state index in [0.29, 0.717) is 12.6 Å². The number of carbonyl (C=O) groups is 1. The van der Waals surface area contributed by atoms with Crippen molar-refractivity contribution in [3.8, 4) is 0 Å². The first kappa shape index (κ1) is 22.5. The summed E-state index contributed by atoms with van der Waals surface area (Å²) in [5.74, 6) is -0.618. The van der Waals surface area contributed by atoms with Crippen LogP contribution in [-0.4, -0.2) is 30.4 Å². The minimum atomic E-state index is -4.67. The number of carbonyl (C=O) groups excluding carboxylic acids is 1. The lowest BCUT2D eigenvalue weighted by molar-refractivity contribution is -0.137. The van der Waals surface area contributed by atoms with Crippen molar-refractivity contribution in [1.82, 2.24) is 19.6 Å². The van der Waals surface area contributed by atoms with Gasteiger partial charge in [0, 0.05) is 25.5 Å². The standard InChI is InChI=1S/C20H19F3N4O3S/c21-20(22,23)17-6-3-7-18(10-17)31(29,30)26-12-19(28)25-11-15-4-1-2-5-16(15)13-27-9-8-24-14-27/h1-10,14,26H,11-13H2,(H,25,28). The Bertz CT molecular complexity index is 1150. The smallest absolute Gasteiger partial charge is 0.351 e. The van der Waals surface area contributed by atoms with Gasteiger partial charge in [-0.25, -0.2) is 18.1 Å². The average molecular weight is 452 g/mol. The minimum absolute atomic E-state index is 0.162. The third kappa shape index (κ3) is 6.15. The van der Waals surface area contributed by atoms with Gasteiger partial charge in [0.2, 0.25) is 15.9 Å². The van der Waals surface area contributed by atoms with Crippen molar-refractivity contribution in [3.05, 3.63) is 83.9 Å². The van der Waals surface area contributed by atoms with E-state index in [0.717, 1.165) is 29.3 Å². The van der Waals surface area contributed by atoms with Crippen LogP contribution >= 0.6 is 0 Å². The molecular weight excluding hydrogens is 433 g/mol. The maximum Gasteiger partial charge on any atom is 0.416 e. The largest absolute Gasteiger partial charge is 0.416 e. The second kappa shape index (κ2) is 9.31. The Morgan fingerprint density at radius 1 is 1.06 bits per heavy atom. The normalized spacial score (nSPS) is 12.0. The van der Waals surface area contributed by atoms with Crippen molar-refractivity contribution in [1.29, 1.82) is 0 Å². The molecule has 0 aliphatic heterocycles. The minimum Gasteiger partial charge on any atom is -0.351 e. The van der Waals surface area contributed by atoms with Crippen molar-refractivity contribution in [2.24, 2.45) is 0 Å². The van der Waals surface area contributed by atoms with Gasteiger partial charge in [-0.1, -0.05) is 30.3 Å². The molecule has 3 rings (SSSR count). The lowest BCUT2D eigenvalue weighted by Crippen LogP contribution is -2.36. The molecule has 3 aromatic rings. The van der Waals surface area contributed by atoms with Crippen LogP contribution in [0.4, 0.5) is 13.2 Å². The van der Waals surface area contributed by atoms with E-state index < -0.39 is 39.1 Å². The van der Waals surface area contributed by atoms with Crippen LogP contribution in [-0.2, 0) is 34.1 Å². The van der Waals surface area contributed by atoms with Crippen LogP contribution in [0.15, 0.2) is 72.1 Å². The molecule has 164 valence electrons. The highest BCUT2D eigenvalue weighted by atomic mass is 32.2. The number of alkyl halides is 3. The summed E-state index contributed by atoms with van der Waals surface area (Å²) in [5.41, 5.74) is 0.699. The van der Waals surface area contributed by atoms with Crippen LogP contribution in [0.1, 0.15) is 16.7 Å². The quantitative estimate of drug-likeness (QED) is 0.549. The average Bonchev–Trinajstić information content (AvgIpc) is 3.24. The molecule has 0 radical (unpaired) electrons. The van der Waals surface area contributed by atoms with Crippen molar-refractivity contribution in [3.63, 3.8) is 0 Å². The molecule has 0 saturated heterocycles. The topological polar surface area (TPSA) is 93.1 Å². The maximum atomic E-state index is 12.8. The number of imidazole rings is 1. The van der Waals surface area contributed by atoms with Crippen molar-refractivity contribution < 1.29 is 26.4 Å². The van der Waals surface area contributed by atoms with Crippen molar-refractivity contribution in [2.45, 2.75) is 24.2 Å². The molecule has 0 atom stereocenters. The monoisotopic (exact) mass is 452 g/mol. The second-order valence-corrected chi connectivity index (χ2v) is 8.40. The van der Waals surface area contributed by atoms with E-state index in [1.807, 2.05) is 33.6 Å². The molecule has 7 nitrogen and oxygen atoms in total. The first-order valence-electron chi connectivity index (χ1n) is 9.11. The Labute approximate surface area is 177 Å². The summed E-state index contributed by atoms with van der Waals surface area (Å²) in [7, 11) is -4.28. The van der Waals surface area contributed by atoms with Crippen LogP contribution in [0.5, 0.6) is 0 Å². The zero-order valence-corrected chi connectivity index (χ0v) is 16.9. The highest BCUT2D eigenvalue weighted by Crippen LogP contribution is 2.30. The fourth-order valence-electron chi connectivity index (χ4n) is 2.80. The third-order valence-corrected chi connectivity index (χ3v) is 5.80. The highest BCUT2D eigenvalue weighted by molar-refractivity contribution is 7.89. The number of hydrogen-bond acceptors (Lipinski definition) is 4. The molecule has 1 amide bonds. The van der Waals surface area contributed by atoms with Crippen LogP contribution in [0.3, 0.4) is 0 Å².